The average Bonchev–Trinajstić information content (AvgIpc) is 2.38. The molecule has 1 atom stereocenters. The number of nitrogens with one attached hydrogen (secondary N) is 1. The molecule has 1 heterocycles. The van der Waals surface area contributed by atoms with Crippen molar-refractivity contribution in [3.05, 3.63) is 26.6 Å². The van der Waals surface area contributed by atoms with Crippen LogP contribution >= 0.6 is 56.7 Å². The maximum absolute atomic E-state index is 13.3. The van der Waals surface area contributed by atoms with Gasteiger partial charge >= 0.3 is 0 Å². The SMILES string of the molecule is Cl.Cl.Oc1c(Br)cc([C@H](CF)N2CCNCC2)cc1Br. The summed E-state index contributed by atoms with van der Waals surface area (Å²) in [7, 11) is 0. The first-order valence-corrected chi connectivity index (χ1v) is 7.40. The number of hydrogen-bond acceptors (Lipinski definition) is 3. The molecule has 116 valence electrons. The molecule has 8 heteroatoms. The predicted octanol–water partition coefficient (Wildman–Crippen LogP) is 3.68. The fourth-order valence-electron chi connectivity index (χ4n) is 2.17. The van der Waals surface area contributed by atoms with E-state index in [4.69, 9.17) is 0 Å². The highest BCUT2D eigenvalue weighted by atomic mass is 79.9. The van der Waals surface area contributed by atoms with Crippen molar-refractivity contribution in [1.29, 1.82) is 0 Å². The van der Waals surface area contributed by atoms with Crippen molar-refractivity contribution in [1.82, 2.24) is 10.2 Å². The lowest BCUT2D eigenvalue weighted by Crippen LogP contribution is -2.45. The highest BCUT2D eigenvalue weighted by molar-refractivity contribution is 9.11. The molecule has 0 saturated carbocycles. The molecule has 0 spiro atoms. The molecule has 1 aliphatic rings. The first kappa shape index (κ1) is 20.4. The van der Waals surface area contributed by atoms with E-state index in [1.54, 1.807) is 12.1 Å². The van der Waals surface area contributed by atoms with Crippen LogP contribution in [-0.4, -0.2) is 42.9 Å². The minimum Gasteiger partial charge on any atom is -0.506 e. The summed E-state index contributed by atoms with van der Waals surface area (Å²) in [6.07, 6.45) is 0. The molecule has 1 fully saturated rings. The second kappa shape index (κ2) is 9.43. The Hall–Kier alpha value is 0.410. The Bertz CT molecular complexity index is 411. The molecule has 1 saturated heterocycles. The van der Waals surface area contributed by atoms with Gasteiger partial charge < -0.3 is 10.4 Å². The number of piperazine rings is 1. The minimum absolute atomic E-state index is 0. The minimum atomic E-state index is -0.427. The van der Waals surface area contributed by atoms with Gasteiger partial charge in [0.15, 0.2) is 0 Å². The van der Waals surface area contributed by atoms with Crippen LogP contribution in [0.3, 0.4) is 0 Å². The molecule has 0 bridgehead atoms. The van der Waals surface area contributed by atoms with Crippen molar-refractivity contribution in [3.8, 4) is 5.75 Å². The van der Waals surface area contributed by atoms with Gasteiger partial charge in [-0.2, -0.15) is 0 Å². The molecule has 0 amide bonds. The topological polar surface area (TPSA) is 35.5 Å². The Balaban J connectivity index is 0.00000180. The lowest BCUT2D eigenvalue weighted by Gasteiger charge is -2.33. The Morgan fingerprint density at radius 3 is 2.15 bits per heavy atom. The molecular weight excluding hydrogens is 438 g/mol. The Kier molecular flexibility index (Phi) is 9.63. The molecule has 2 N–H and O–H groups in total. The average molecular weight is 455 g/mol. The van der Waals surface area contributed by atoms with Crippen LogP contribution in [0.4, 0.5) is 4.39 Å². The van der Waals surface area contributed by atoms with E-state index in [-0.39, 0.29) is 36.6 Å². The molecule has 1 aromatic carbocycles. The molecule has 0 radical (unpaired) electrons. The van der Waals surface area contributed by atoms with E-state index in [1.807, 2.05) is 0 Å². The number of nitrogens with zero attached hydrogens (tertiary/aromatic N) is 1. The number of aromatic hydroxyl groups is 1. The molecule has 0 aliphatic carbocycles. The fraction of sp³-hybridized carbons (Fsp3) is 0.500. The summed E-state index contributed by atoms with van der Waals surface area (Å²) in [6.45, 7) is 3.02. The van der Waals surface area contributed by atoms with E-state index >= 15 is 0 Å². The number of hydrogen-bond donors (Lipinski definition) is 2. The van der Waals surface area contributed by atoms with Crippen molar-refractivity contribution in [2.24, 2.45) is 0 Å². The molecule has 0 aromatic heterocycles. The van der Waals surface area contributed by atoms with Gasteiger partial charge in [0.25, 0.3) is 0 Å². The van der Waals surface area contributed by atoms with Crippen LogP contribution in [0.5, 0.6) is 5.75 Å². The van der Waals surface area contributed by atoms with Crippen LogP contribution in [0.1, 0.15) is 11.6 Å². The normalized spacial score (nSPS) is 16.9. The van der Waals surface area contributed by atoms with Gasteiger partial charge in [0.05, 0.1) is 15.0 Å². The van der Waals surface area contributed by atoms with E-state index < -0.39 is 6.67 Å². The van der Waals surface area contributed by atoms with Gasteiger partial charge in [-0.3, -0.25) is 4.90 Å². The van der Waals surface area contributed by atoms with E-state index in [0.29, 0.717) is 8.95 Å². The lowest BCUT2D eigenvalue weighted by molar-refractivity contribution is 0.147. The molecule has 3 nitrogen and oxygen atoms in total. The lowest BCUT2D eigenvalue weighted by atomic mass is 10.1. The van der Waals surface area contributed by atoms with Crippen molar-refractivity contribution in [2.45, 2.75) is 6.04 Å². The van der Waals surface area contributed by atoms with Crippen LogP contribution in [0.15, 0.2) is 21.1 Å². The van der Waals surface area contributed by atoms with Crippen LogP contribution in [-0.2, 0) is 0 Å². The second-order valence-corrected chi connectivity index (χ2v) is 6.00. The first-order valence-electron chi connectivity index (χ1n) is 5.82. The number of phenolic OH excluding ortho intramolecular Hbond substituents is 1. The van der Waals surface area contributed by atoms with Crippen molar-refractivity contribution in [3.63, 3.8) is 0 Å². The van der Waals surface area contributed by atoms with Gasteiger partial charge in [0, 0.05) is 26.2 Å². The molecule has 0 unspecified atom stereocenters. The molecule has 2 rings (SSSR count). The van der Waals surface area contributed by atoms with Gasteiger partial charge in [-0.15, -0.1) is 24.8 Å². The largest absolute Gasteiger partial charge is 0.506 e. The zero-order valence-corrected chi connectivity index (χ0v) is 15.4. The molecule has 20 heavy (non-hydrogen) atoms. The summed E-state index contributed by atoms with van der Waals surface area (Å²) in [6, 6.07) is 3.32. The van der Waals surface area contributed by atoms with E-state index in [0.717, 1.165) is 31.7 Å². The van der Waals surface area contributed by atoms with Crippen molar-refractivity contribution in [2.75, 3.05) is 32.9 Å². The fourth-order valence-corrected chi connectivity index (χ4v) is 3.39. The molecular formula is C12H17Br2Cl2FN2O. The van der Waals surface area contributed by atoms with Crippen molar-refractivity contribution < 1.29 is 9.50 Å². The van der Waals surface area contributed by atoms with Gasteiger partial charge in [-0.1, -0.05) is 0 Å². The maximum Gasteiger partial charge on any atom is 0.143 e. The third kappa shape index (κ3) is 4.71. The van der Waals surface area contributed by atoms with Gasteiger partial charge in [0.2, 0.25) is 0 Å². The second-order valence-electron chi connectivity index (χ2n) is 4.29. The molecule has 1 aliphatic heterocycles. The number of benzene rings is 1. The van der Waals surface area contributed by atoms with Crippen LogP contribution in [0.25, 0.3) is 0 Å². The summed E-state index contributed by atoms with van der Waals surface area (Å²) in [5, 5.41) is 12.9. The summed E-state index contributed by atoms with van der Waals surface area (Å²) in [5.74, 6) is 0.150. The smallest absolute Gasteiger partial charge is 0.143 e. The Labute approximate surface area is 147 Å². The number of rotatable bonds is 3. The number of phenols is 1. The summed E-state index contributed by atoms with van der Waals surface area (Å²) >= 11 is 6.57. The zero-order valence-electron chi connectivity index (χ0n) is 10.6. The number of alkyl halides is 1. The summed E-state index contributed by atoms with van der Waals surface area (Å²) in [4.78, 5) is 2.13. The highest BCUT2D eigenvalue weighted by Crippen LogP contribution is 2.36. The number of halogens is 5. The van der Waals surface area contributed by atoms with Gasteiger partial charge in [0.1, 0.15) is 12.4 Å². The first-order chi connectivity index (χ1) is 8.63. The third-order valence-electron chi connectivity index (χ3n) is 3.16. The van der Waals surface area contributed by atoms with Crippen LogP contribution in [0, 0.1) is 0 Å². The standard InChI is InChI=1S/C12H15Br2FN2O.2ClH/c13-9-5-8(6-10(14)12(9)18)11(7-15)17-3-1-16-2-4-17;;/h5-6,11,16,18H,1-4,7H2;2*1H/t11-;;/m0../s1. The predicted molar refractivity (Wildman–Crippen MR) is 91.2 cm³/mol. The quantitative estimate of drug-likeness (QED) is 0.731. The van der Waals surface area contributed by atoms with E-state index in [2.05, 4.69) is 42.1 Å². The van der Waals surface area contributed by atoms with Crippen LogP contribution < -0.4 is 5.32 Å². The highest BCUT2D eigenvalue weighted by Gasteiger charge is 2.23. The summed E-state index contributed by atoms with van der Waals surface area (Å²) in [5.41, 5.74) is 0.871. The Morgan fingerprint density at radius 1 is 1.20 bits per heavy atom. The molecule has 1 aromatic rings. The van der Waals surface area contributed by atoms with Gasteiger partial charge in [-0.25, -0.2) is 4.39 Å². The van der Waals surface area contributed by atoms with E-state index in [1.165, 1.54) is 0 Å². The van der Waals surface area contributed by atoms with Crippen LogP contribution in [0.2, 0.25) is 0 Å². The van der Waals surface area contributed by atoms with Gasteiger partial charge in [-0.05, 0) is 49.6 Å². The maximum atomic E-state index is 13.3. The summed E-state index contributed by atoms with van der Waals surface area (Å²) < 4.78 is 14.5. The third-order valence-corrected chi connectivity index (χ3v) is 4.37. The monoisotopic (exact) mass is 452 g/mol. The Morgan fingerprint density at radius 2 is 1.70 bits per heavy atom. The van der Waals surface area contributed by atoms with E-state index in [9.17, 15) is 9.50 Å². The van der Waals surface area contributed by atoms with Crippen molar-refractivity contribution >= 4 is 56.7 Å². The zero-order chi connectivity index (χ0) is 13.1.